The normalized spacial score (nSPS) is 20.1. The van der Waals surface area contributed by atoms with Gasteiger partial charge in [0.15, 0.2) is 0 Å². The van der Waals surface area contributed by atoms with Crippen LogP contribution in [0.5, 0.6) is 5.75 Å². The summed E-state index contributed by atoms with van der Waals surface area (Å²) in [5, 5.41) is 4.14. The molecule has 2 aromatic rings. The van der Waals surface area contributed by atoms with Crippen molar-refractivity contribution < 1.29 is 17.7 Å². The molecule has 0 amide bonds. The Bertz CT molecular complexity index is 943. The van der Waals surface area contributed by atoms with Crippen LogP contribution in [0.4, 0.5) is 0 Å². The summed E-state index contributed by atoms with van der Waals surface area (Å²) >= 11 is 0. The van der Waals surface area contributed by atoms with Gasteiger partial charge in [-0.05, 0) is 49.8 Å². The van der Waals surface area contributed by atoms with Crippen molar-refractivity contribution in [2.75, 3.05) is 20.2 Å². The number of hydrogen-bond acceptors (Lipinski definition) is 6. The minimum Gasteiger partial charge on any atom is -0.496 e. The van der Waals surface area contributed by atoms with E-state index in [4.69, 9.17) is 9.26 Å². The van der Waals surface area contributed by atoms with Crippen LogP contribution in [0.15, 0.2) is 27.6 Å². The number of piperidine rings is 1. The SMILES string of the molecule is COc1ccc(S(=O)(=O)N2CCC(C)CC2)cc1-c1noc(C2CCCCC2)n1. The summed E-state index contributed by atoms with van der Waals surface area (Å²) in [6.07, 6.45) is 7.49. The minimum absolute atomic E-state index is 0.242. The first-order valence-corrected chi connectivity index (χ1v) is 11.9. The van der Waals surface area contributed by atoms with Gasteiger partial charge in [0.2, 0.25) is 21.7 Å². The van der Waals surface area contributed by atoms with E-state index in [1.165, 1.54) is 19.3 Å². The molecular formula is C21H29N3O4S. The van der Waals surface area contributed by atoms with Crippen LogP contribution >= 0.6 is 0 Å². The number of aromatic nitrogens is 2. The summed E-state index contributed by atoms with van der Waals surface area (Å²) < 4.78 is 38.9. The van der Waals surface area contributed by atoms with E-state index < -0.39 is 10.0 Å². The molecule has 29 heavy (non-hydrogen) atoms. The Morgan fingerprint density at radius 3 is 2.52 bits per heavy atom. The van der Waals surface area contributed by atoms with E-state index in [0.29, 0.717) is 48.0 Å². The van der Waals surface area contributed by atoms with Crippen molar-refractivity contribution in [3.05, 3.63) is 24.1 Å². The molecule has 0 unspecified atom stereocenters. The molecule has 1 aromatic heterocycles. The predicted molar refractivity (Wildman–Crippen MR) is 109 cm³/mol. The van der Waals surface area contributed by atoms with Gasteiger partial charge in [-0.25, -0.2) is 8.42 Å². The van der Waals surface area contributed by atoms with Gasteiger partial charge in [0, 0.05) is 19.0 Å². The van der Waals surface area contributed by atoms with Crippen molar-refractivity contribution in [1.29, 1.82) is 0 Å². The molecule has 1 aromatic carbocycles. The third kappa shape index (κ3) is 4.19. The first kappa shape index (κ1) is 20.3. The fourth-order valence-corrected chi connectivity index (χ4v) is 5.75. The zero-order valence-corrected chi connectivity index (χ0v) is 18.0. The zero-order chi connectivity index (χ0) is 20.4. The summed E-state index contributed by atoms with van der Waals surface area (Å²) in [6, 6.07) is 4.88. The monoisotopic (exact) mass is 419 g/mol. The highest BCUT2D eigenvalue weighted by Gasteiger charge is 2.30. The van der Waals surface area contributed by atoms with E-state index in [-0.39, 0.29) is 4.90 Å². The lowest BCUT2D eigenvalue weighted by molar-refractivity contribution is 0.288. The van der Waals surface area contributed by atoms with Crippen LogP contribution in [-0.4, -0.2) is 43.1 Å². The summed E-state index contributed by atoms with van der Waals surface area (Å²) in [7, 11) is -2.01. The molecule has 0 radical (unpaired) electrons. The Labute approximate surface area is 172 Å². The highest BCUT2D eigenvalue weighted by atomic mass is 32.2. The Kier molecular flexibility index (Phi) is 5.92. The molecule has 1 aliphatic heterocycles. The maximum Gasteiger partial charge on any atom is 0.243 e. The van der Waals surface area contributed by atoms with Crippen molar-refractivity contribution in [3.8, 4) is 17.1 Å². The largest absolute Gasteiger partial charge is 0.496 e. The number of benzene rings is 1. The first-order chi connectivity index (χ1) is 14.0. The molecule has 1 saturated heterocycles. The van der Waals surface area contributed by atoms with Crippen molar-refractivity contribution in [2.45, 2.75) is 62.7 Å². The number of sulfonamides is 1. The van der Waals surface area contributed by atoms with Crippen molar-refractivity contribution in [2.24, 2.45) is 5.92 Å². The van der Waals surface area contributed by atoms with Crippen LogP contribution in [0.25, 0.3) is 11.4 Å². The van der Waals surface area contributed by atoms with Gasteiger partial charge < -0.3 is 9.26 Å². The summed E-state index contributed by atoms with van der Waals surface area (Å²) in [6.45, 7) is 3.27. The number of rotatable bonds is 5. The molecule has 1 saturated carbocycles. The number of ether oxygens (including phenoxy) is 1. The van der Waals surface area contributed by atoms with Crippen LogP contribution in [-0.2, 0) is 10.0 Å². The molecule has 2 aliphatic rings. The summed E-state index contributed by atoms with van der Waals surface area (Å²) in [5.41, 5.74) is 0.546. The highest BCUT2D eigenvalue weighted by molar-refractivity contribution is 7.89. The lowest BCUT2D eigenvalue weighted by Crippen LogP contribution is -2.37. The van der Waals surface area contributed by atoms with E-state index in [9.17, 15) is 8.42 Å². The number of hydrogen-bond donors (Lipinski definition) is 0. The van der Waals surface area contributed by atoms with E-state index in [0.717, 1.165) is 25.7 Å². The van der Waals surface area contributed by atoms with Crippen LogP contribution in [0, 0.1) is 5.92 Å². The number of methoxy groups -OCH3 is 1. The van der Waals surface area contributed by atoms with E-state index in [2.05, 4.69) is 17.1 Å². The third-order valence-electron chi connectivity index (χ3n) is 6.19. The third-order valence-corrected chi connectivity index (χ3v) is 8.08. The van der Waals surface area contributed by atoms with Gasteiger partial charge in [-0.15, -0.1) is 0 Å². The molecule has 2 fully saturated rings. The fourth-order valence-electron chi connectivity index (χ4n) is 4.26. The maximum atomic E-state index is 13.2. The van der Waals surface area contributed by atoms with Gasteiger partial charge in [0.05, 0.1) is 17.6 Å². The van der Waals surface area contributed by atoms with Crippen LogP contribution in [0.1, 0.15) is 63.7 Å². The minimum atomic E-state index is -3.56. The van der Waals surface area contributed by atoms with Gasteiger partial charge >= 0.3 is 0 Å². The Morgan fingerprint density at radius 1 is 1.10 bits per heavy atom. The second-order valence-corrected chi connectivity index (χ2v) is 10.2. The first-order valence-electron chi connectivity index (χ1n) is 10.5. The molecule has 0 N–H and O–H groups in total. The van der Waals surface area contributed by atoms with Gasteiger partial charge in [-0.1, -0.05) is 31.3 Å². The van der Waals surface area contributed by atoms with Gasteiger partial charge in [0.1, 0.15) is 5.75 Å². The average Bonchev–Trinajstić information content (AvgIpc) is 3.24. The molecule has 4 rings (SSSR count). The molecular weight excluding hydrogens is 390 g/mol. The fraction of sp³-hybridized carbons (Fsp3) is 0.619. The molecule has 158 valence electrons. The smallest absolute Gasteiger partial charge is 0.243 e. The Morgan fingerprint density at radius 2 is 1.83 bits per heavy atom. The van der Waals surface area contributed by atoms with Crippen molar-refractivity contribution in [3.63, 3.8) is 0 Å². The summed E-state index contributed by atoms with van der Waals surface area (Å²) in [4.78, 5) is 4.83. The lowest BCUT2D eigenvalue weighted by Gasteiger charge is -2.29. The topological polar surface area (TPSA) is 85.5 Å². The second-order valence-electron chi connectivity index (χ2n) is 8.24. The Balaban J connectivity index is 1.64. The molecule has 0 atom stereocenters. The van der Waals surface area contributed by atoms with Crippen LogP contribution in [0.2, 0.25) is 0 Å². The van der Waals surface area contributed by atoms with Gasteiger partial charge in [-0.3, -0.25) is 0 Å². The Hall–Kier alpha value is -1.93. The second kappa shape index (κ2) is 8.44. The molecule has 0 spiro atoms. The van der Waals surface area contributed by atoms with Crippen LogP contribution < -0.4 is 4.74 Å². The van der Waals surface area contributed by atoms with E-state index in [1.54, 1.807) is 29.6 Å². The van der Waals surface area contributed by atoms with Crippen molar-refractivity contribution >= 4 is 10.0 Å². The van der Waals surface area contributed by atoms with Crippen LogP contribution in [0.3, 0.4) is 0 Å². The maximum absolute atomic E-state index is 13.2. The lowest BCUT2D eigenvalue weighted by atomic mass is 9.89. The van der Waals surface area contributed by atoms with Gasteiger partial charge in [0.25, 0.3) is 0 Å². The zero-order valence-electron chi connectivity index (χ0n) is 17.1. The molecule has 2 heterocycles. The highest BCUT2D eigenvalue weighted by Crippen LogP contribution is 2.36. The summed E-state index contributed by atoms with van der Waals surface area (Å²) in [5.74, 6) is 2.41. The quantitative estimate of drug-likeness (QED) is 0.721. The van der Waals surface area contributed by atoms with Gasteiger partial charge in [-0.2, -0.15) is 9.29 Å². The van der Waals surface area contributed by atoms with E-state index in [1.807, 2.05) is 0 Å². The molecule has 1 aliphatic carbocycles. The molecule has 0 bridgehead atoms. The standard InChI is InChI=1S/C21H29N3O4S/c1-15-10-12-24(13-11-15)29(25,26)17-8-9-19(27-2)18(14-17)20-22-21(28-23-20)16-6-4-3-5-7-16/h8-9,14-16H,3-7,10-13H2,1-2H3. The van der Waals surface area contributed by atoms with E-state index >= 15 is 0 Å². The molecule has 7 nitrogen and oxygen atoms in total. The average molecular weight is 420 g/mol. The van der Waals surface area contributed by atoms with Crippen molar-refractivity contribution in [1.82, 2.24) is 14.4 Å². The predicted octanol–water partition coefficient (Wildman–Crippen LogP) is 4.21. The molecule has 8 heteroatoms. The number of nitrogens with zero attached hydrogens (tertiary/aromatic N) is 3.